The van der Waals surface area contributed by atoms with E-state index >= 15 is 0 Å². The first kappa shape index (κ1) is 13.5. The van der Waals surface area contributed by atoms with Gasteiger partial charge in [0.25, 0.3) is 0 Å². The number of aromatic nitrogens is 1. The molecule has 1 atom stereocenters. The van der Waals surface area contributed by atoms with E-state index in [-0.39, 0.29) is 5.91 Å². The molecule has 0 radical (unpaired) electrons. The Labute approximate surface area is 116 Å². The van der Waals surface area contributed by atoms with Crippen molar-refractivity contribution in [1.29, 1.82) is 0 Å². The lowest BCUT2D eigenvalue weighted by molar-refractivity contribution is -0.122. The molecule has 1 aromatic heterocycles. The van der Waals surface area contributed by atoms with Gasteiger partial charge in [0.2, 0.25) is 5.91 Å². The Morgan fingerprint density at radius 1 is 1.56 bits per heavy atom. The maximum atomic E-state index is 12.3. The van der Waals surface area contributed by atoms with Crippen LogP contribution in [0.2, 0.25) is 0 Å². The lowest BCUT2D eigenvalue weighted by Gasteiger charge is -2.33. The molecule has 1 aliphatic heterocycles. The van der Waals surface area contributed by atoms with E-state index in [9.17, 15) is 4.79 Å². The standard InChI is InChI=1S/C13H18BrN3O/c1-9-7-10(8-15-11(9)14)17-12(18)13(2)5-3-4-6-16-13/h7-8,16H,3-6H2,1-2H3,(H,17,18). The first-order chi connectivity index (χ1) is 8.51. The molecule has 2 heterocycles. The summed E-state index contributed by atoms with van der Waals surface area (Å²) in [4.78, 5) is 16.5. The highest BCUT2D eigenvalue weighted by molar-refractivity contribution is 9.10. The van der Waals surface area contributed by atoms with E-state index in [0.29, 0.717) is 0 Å². The third-order valence-corrected chi connectivity index (χ3v) is 4.22. The lowest BCUT2D eigenvalue weighted by Crippen LogP contribution is -2.54. The zero-order valence-electron chi connectivity index (χ0n) is 10.7. The first-order valence-corrected chi connectivity index (χ1v) is 6.99. The van der Waals surface area contributed by atoms with Crippen molar-refractivity contribution < 1.29 is 4.79 Å². The fourth-order valence-electron chi connectivity index (χ4n) is 2.15. The van der Waals surface area contributed by atoms with Crippen molar-refractivity contribution in [3.63, 3.8) is 0 Å². The SMILES string of the molecule is Cc1cc(NC(=O)C2(C)CCCCN2)cnc1Br. The minimum atomic E-state index is -0.459. The van der Waals surface area contributed by atoms with E-state index in [1.807, 2.05) is 19.9 Å². The number of carbonyl (C=O) groups is 1. The van der Waals surface area contributed by atoms with Gasteiger partial charge in [-0.3, -0.25) is 4.79 Å². The minimum Gasteiger partial charge on any atom is -0.323 e. The number of pyridine rings is 1. The number of piperidine rings is 1. The Morgan fingerprint density at radius 2 is 2.33 bits per heavy atom. The van der Waals surface area contributed by atoms with Crippen LogP contribution in [0.1, 0.15) is 31.7 Å². The number of nitrogens with zero attached hydrogens (tertiary/aromatic N) is 1. The van der Waals surface area contributed by atoms with Crippen molar-refractivity contribution in [2.75, 3.05) is 11.9 Å². The van der Waals surface area contributed by atoms with E-state index < -0.39 is 5.54 Å². The number of amides is 1. The van der Waals surface area contributed by atoms with Gasteiger partial charge in [-0.05, 0) is 67.2 Å². The van der Waals surface area contributed by atoms with Crippen LogP contribution in [0.4, 0.5) is 5.69 Å². The van der Waals surface area contributed by atoms with Crippen LogP contribution in [0.15, 0.2) is 16.9 Å². The van der Waals surface area contributed by atoms with E-state index in [1.54, 1.807) is 6.20 Å². The maximum Gasteiger partial charge on any atom is 0.244 e. The van der Waals surface area contributed by atoms with Crippen LogP contribution < -0.4 is 10.6 Å². The summed E-state index contributed by atoms with van der Waals surface area (Å²) < 4.78 is 0.808. The van der Waals surface area contributed by atoms with Crippen LogP contribution in [-0.2, 0) is 4.79 Å². The van der Waals surface area contributed by atoms with Crippen molar-refractivity contribution in [1.82, 2.24) is 10.3 Å². The average molecular weight is 312 g/mol. The van der Waals surface area contributed by atoms with Crippen LogP contribution in [-0.4, -0.2) is 23.0 Å². The molecule has 0 aliphatic carbocycles. The summed E-state index contributed by atoms with van der Waals surface area (Å²) in [7, 11) is 0. The van der Waals surface area contributed by atoms with E-state index in [2.05, 4.69) is 31.5 Å². The van der Waals surface area contributed by atoms with Crippen molar-refractivity contribution in [3.05, 3.63) is 22.4 Å². The van der Waals surface area contributed by atoms with Gasteiger partial charge in [-0.1, -0.05) is 0 Å². The highest BCUT2D eigenvalue weighted by Gasteiger charge is 2.34. The molecule has 2 rings (SSSR count). The Morgan fingerprint density at radius 3 is 2.94 bits per heavy atom. The highest BCUT2D eigenvalue weighted by atomic mass is 79.9. The quantitative estimate of drug-likeness (QED) is 0.826. The Bertz CT molecular complexity index is 456. The molecule has 0 saturated carbocycles. The smallest absolute Gasteiger partial charge is 0.244 e. The van der Waals surface area contributed by atoms with Crippen LogP contribution >= 0.6 is 15.9 Å². The lowest BCUT2D eigenvalue weighted by atomic mass is 9.90. The van der Waals surface area contributed by atoms with Gasteiger partial charge < -0.3 is 10.6 Å². The van der Waals surface area contributed by atoms with E-state index in [1.165, 1.54) is 0 Å². The summed E-state index contributed by atoms with van der Waals surface area (Å²) in [5, 5.41) is 6.24. The molecule has 1 aromatic rings. The molecule has 2 N–H and O–H groups in total. The van der Waals surface area contributed by atoms with Gasteiger partial charge in [-0.2, -0.15) is 0 Å². The highest BCUT2D eigenvalue weighted by Crippen LogP contribution is 2.22. The summed E-state index contributed by atoms with van der Waals surface area (Å²) in [5.74, 6) is 0.0192. The molecule has 0 aromatic carbocycles. The Hall–Kier alpha value is -0.940. The molecular formula is C13H18BrN3O. The van der Waals surface area contributed by atoms with Gasteiger partial charge in [-0.25, -0.2) is 4.98 Å². The number of anilines is 1. The zero-order valence-corrected chi connectivity index (χ0v) is 12.3. The van der Waals surface area contributed by atoms with Crippen molar-refractivity contribution >= 4 is 27.5 Å². The van der Waals surface area contributed by atoms with Gasteiger partial charge in [-0.15, -0.1) is 0 Å². The Kier molecular flexibility index (Phi) is 4.02. The third kappa shape index (κ3) is 2.90. The second-order valence-electron chi connectivity index (χ2n) is 5.00. The van der Waals surface area contributed by atoms with Gasteiger partial charge in [0.05, 0.1) is 17.4 Å². The number of nitrogens with one attached hydrogen (secondary N) is 2. The fraction of sp³-hybridized carbons (Fsp3) is 0.538. The fourth-order valence-corrected chi connectivity index (χ4v) is 2.36. The average Bonchev–Trinajstić information content (AvgIpc) is 2.35. The van der Waals surface area contributed by atoms with Crippen molar-refractivity contribution in [2.45, 2.75) is 38.6 Å². The molecule has 1 unspecified atom stereocenters. The predicted molar refractivity (Wildman–Crippen MR) is 75.6 cm³/mol. The van der Waals surface area contributed by atoms with Gasteiger partial charge in [0, 0.05) is 0 Å². The van der Waals surface area contributed by atoms with Crippen LogP contribution in [0.25, 0.3) is 0 Å². The van der Waals surface area contributed by atoms with Gasteiger partial charge in [0.1, 0.15) is 4.60 Å². The molecular weight excluding hydrogens is 294 g/mol. The second-order valence-corrected chi connectivity index (χ2v) is 5.75. The number of rotatable bonds is 2. The number of halogens is 1. The van der Waals surface area contributed by atoms with E-state index in [0.717, 1.165) is 41.7 Å². The summed E-state index contributed by atoms with van der Waals surface area (Å²) in [5.41, 5.74) is 1.29. The number of aryl methyl sites for hydroxylation is 1. The zero-order chi connectivity index (χ0) is 13.2. The predicted octanol–water partition coefficient (Wildman–Crippen LogP) is 2.62. The molecule has 0 bridgehead atoms. The third-order valence-electron chi connectivity index (χ3n) is 3.39. The molecule has 1 saturated heterocycles. The maximum absolute atomic E-state index is 12.3. The van der Waals surface area contributed by atoms with Gasteiger partial charge in [0.15, 0.2) is 0 Å². The summed E-state index contributed by atoms with van der Waals surface area (Å²) >= 11 is 3.35. The number of hydrogen-bond donors (Lipinski definition) is 2. The monoisotopic (exact) mass is 311 g/mol. The minimum absolute atomic E-state index is 0.0192. The normalized spacial score (nSPS) is 23.7. The van der Waals surface area contributed by atoms with Crippen LogP contribution in [0.5, 0.6) is 0 Å². The molecule has 0 spiro atoms. The summed E-state index contributed by atoms with van der Waals surface area (Å²) in [6, 6.07) is 1.92. The molecule has 4 nitrogen and oxygen atoms in total. The summed E-state index contributed by atoms with van der Waals surface area (Å²) in [6.07, 6.45) is 4.78. The molecule has 18 heavy (non-hydrogen) atoms. The van der Waals surface area contributed by atoms with Crippen LogP contribution in [0, 0.1) is 6.92 Å². The molecule has 1 aliphatic rings. The molecule has 1 fully saturated rings. The Balaban J connectivity index is 2.08. The summed E-state index contributed by atoms with van der Waals surface area (Å²) in [6.45, 7) is 4.81. The van der Waals surface area contributed by atoms with E-state index in [4.69, 9.17) is 0 Å². The molecule has 98 valence electrons. The first-order valence-electron chi connectivity index (χ1n) is 6.20. The second kappa shape index (κ2) is 5.36. The number of hydrogen-bond acceptors (Lipinski definition) is 3. The van der Waals surface area contributed by atoms with Crippen molar-refractivity contribution in [2.24, 2.45) is 0 Å². The van der Waals surface area contributed by atoms with Gasteiger partial charge >= 0.3 is 0 Å². The van der Waals surface area contributed by atoms with Crippen LogP contribution in [0.3, 0.4) is 0 Å². The topological polar surface area (TPSA) is 54.0 Å². The van der Waals surface area contributed by atoms with Crippen molar-refractivity contribution in [3.8, 4) is 0 Å². The largest absolute Gasteiger partial charge is 0.323 e. The molecule has 5 heteroatoms. The molecule has 1 amide bonds. The number of carbonyl (C=O) groups excluding carboxylic acids is 1.